The van der Waals surface area contributed by atoms with E-state index in [4.69, 9.17) is 16.0 Å². The molecule has 18 heavy (non-hydrogen) atoms. The van der Waals surface area contributed by atoms with Crippen LogP contribution in [0.25, 0.3) is 0 Å². The molecule has 6 heteroatoms. The van der Waals surface area contributed by atoms with Crippen LogP contribution in [0, 0.1) is 17.0 Å². The second kappa shape index (κ2) is 5.10. The SMILES string of the molecule is Cc1ccc(CNc2c(Cl)cccc2[N+](=O)[O-])o1. The molecule has 0 atom stereocenters. The molecule has 0 unspecified atom stereocenters. The van der Waals surface area contributed by atoms with Gasteiger partial charge in [-0.1, -0.05) is 17.7 Å². The first-order valence-corrected chi connectivity index (χ1v) is 5.68. The highest BCUT2D eigenvalue weighted by Gasteiger charge is 2.16. The summed E-state index contributed by atoms with van der Waals surface area (Å²) < 4.78 is 5.37. The average molecular weight is 267 g/mol. The summed E-state index contributed by atoms with van der Waals surface area (Å²) in [6.45, 7) is 2.18. The fourth-order valence-corrected chi connectivity index (χ4v) is 1.83. The summed E-state index contributed by atoms with van der Waals surface area (Å²) in [5.74, 6) is 1.49. The van der Waals surface area contributed by atoms with Crippen molar-refractivity contribution in [1.82, 2.24) is 0 Å². The van der Waals surface area contributed by atoms with Crippen molar-refractivity contribution in [2.24, 2.45) is 0 Å². The Morgan fingerprint density at radius 1 is 1.39 bits per heavy atom. The quantitative estimate of drug-likeness (QED) is 0.676. The van der Waals surface area contributed by atoms with Gasteiger partial charge in [-0.2, -0.15) is 0 Å². The van der Waals surface area contributed by atoms with Crippen molar-refractivity contribution in [3.05, 3.63) is 57.0 Å². The Bertz CT molecular complexity index is 580. The summed E-state index contributed by atoms with van der Waals surface area (Å²) in [5, 5.41) is 14.1. The number of para-hydroxylation sites is 1. The van der Waals surface area contributed by atoms with Crippen LogP contribution in [-0.2, 0) is 6.54 Å². The smallest absolute Gasteiger partial charge is 0.293 e. The molecule has 0 fully saturated rings. The standard InChI is InChI=1S/C12H11ClN2O3/c1-8-5-6-9(18-8)7-14-12-10(13)3-2-4-11(12)15(16)17/h2-6,14H,7H2,1H3. The van der Waals surface area contributed by atoms with Gasteiger partial charge in [0.15, 0.2) is 0 Å². The van der Waals surface area contributed by atoms with Crippen LogP contribution in [0.2, 0.25) is 5.02 Å². The summed E-state index contributed by atoms with van der Waals surface area (Å²) in [6, 6.07) is 8.19. The number of hydrogen-bond donors (Lipinski definition) is 1. The van der Waals surface area contributed by atoms with E-state index in [0.717, 1.165) is 5.76 Å². The van der Waals surface area contributed by atoms with Gasteiger partial charge in [-0.3, -0.25) is 10.1 Å². The van der Waals surface area contributed by atoms with Gasteiger partial charge in [0.2, 0.25) is 0 Å². The normalized spacial score (nSPS) is 10.3. The maximum absolute atomic E-state index is 10.9. The van der Waals surface area contributed by atoms with Crippen LogP contribution in [0.5, 0.6) is 0 Å². The number of benzene rings is 1. The molecule has 0 amide bonds. The van der Waals surface area contributed by atoms with Crippen LogP contribution in [-0.4, -0.2) is 4.92 Å². The zero-order valence-corrected chi connectivity index (χ0v) is 10.4. The number of furan rings is 1. The fourth-order valence-electron chi connectivity index (χ4n) is 1.60. The third kappa shape index (κ3) is 2.62. The van der Waals surface area contributed by atoms with E-state index in [0.29, 0.717) is 23.0 Å². The fraction of sp³-hybridized carbons (Fsp3) is 0.167. The second-order valence-electron chi connectivity index (χ2n) is 3.76. The van der Waals surface area contributed by atoms with Gasteiger partial charge in [0.1, 0.15) is 17.2 Å². The molecule has 0 saturated carbocycles. The number of halogens is 1. The number of nitrogens with one attached hydrogen (secondary N) is 1. The van der Waals surface area contributed by atoms with Crippen LogP contribution in [0.3, 0.4) is 0 Å². The summed E-state index contributed by atoms with van der Waals surface area (Å²) >= 11 is 5.95. The van der Waals surface area contributed by atoms with Crippen LogP contribution in [0.1, 0.15) is 11.5 Å². The van der Waals surface area contributed by atoms with Crippen molar-refractivity contribution in [2.75, 3.05) is 5.32 Å². The number of nitro groups is 1. The first kappa shape index (κ1) is 12.4. The van der Waals surface area contributed by atoms with E-state index in [1.165, 1.54) is 6.07 Å². The lowest BCUT2D eigenvalue weighted by Gasteiger charge is -2.07. The average Bonchev–Trinajstić information content (AvgIpc) is 2.73. The highest BCUT2D eigenvalue weighted by atomic mass is 35.5. The molecule has 0 aliphatic rings. The number of hydrogen-bond acceptors (Lipinski definition) is 4. The van der Waals surface area contributed by atoms with Crippen molar-refractivity contribution in [3.8, 4) is 0 Å². The highest BCUT2D eigenvalue weighted by Crippen LogP contribution is 2.32. The van der Waals surface area contributed by atoms with Crippen molar-refractivity contribution in [1.29, 1.82) is 0 Å². The molecule has 1 aromatic heterocycles. The summed E-state index contributed by atoms with van der Waals surface area (Å²) in [4.78, 5) is 10.4. The van der Waals surface area contributed by atoms with Crippen molar-refractivity contribution in [3.63, 3.8) is 0 Å². The Morgan fingerprint density at radius 3 is 2.78 bits per heavy atom. The predicted molar refractivity (Wildman–Crippen MR) is 68.9 cm³/mol. The van der Waals surface area contributed by atoms with Crippen molar-refractivity contribution < 1.29 is 9.34 Å². The lowest BCUT2D eigenvalue weighted by Crippen LogP contribution is -2.02. The maximum atomic E-state index is 10.9. The zero-order chi connectivity index (χ0) is 13.1. The van der Waals surface area contributed by atoms with Crippen LogP contribution in [0.4, 0.5) is 11.4 Å². The maximum Gasteiger partial charge on any atom is 0.293 e. The molecule has 0 aliphatic carbocycles. The topological polar surface area (TPSA) is 68.3 Å². The summed E-state index contributed by atoms with van der Waals surface area (Å²) in [7, 11) is 0. The molecule has 2 rings (SSSR count). The lowest BCUT2D eigenvalue weighted by atomic mass is 10.2. The number of aryl methyl sites for hydroxylation is 1. The van der Waals surface area contributed by atoms with E-state index in [1.807, 2.05) is 19.1 Å². The minimum Gasteiger partial charge on any atom is -0.465 e. The molecule has 0 saturated heterocycles. The molecule has 2 aromatic rings. The Balaban J connectivity index is 2.20. The number of anilines is 1. The third-order valence-corrected chi connectivity index (χ3v) is 2.74. The summed E-state index contributed by atoms with van der Waals surface area (Å²) in [6.07, 6.45) is 0. The second-order valence-corrected chi connectivity index (χ2v) is 4.16. The molecule has 0 radical (unpaired) electrons. The van der Waals surface area contributed by atoms with Gasteiger partial charge in [-0.15, -0.1) is 0 Å². The van der Waals surface area contributed by atoms with Gasteiger partial charge in [0.25, 0.3) is 5.69 Å². The predicted octanol–water partition coefficient (Wildman–Crippen LogP) is 3.76. The Kier molecular flexibility index (Phi) is 3.53. The Labute approximate surface area is 109 Å². The minimum absolute atomic E-state index is 0.0502. The van der Waals surface area contributed by atoms with Gasteiger partial charge in [0, 0.05) is 6.07 Å². The van der Waals surface area contributed by atoms with Gasteiger partial charge < -0.3 is 9.73 Å². The van der Waals surface area contributed by atoms with E-state index in [9.17, 15) is 10.1 Å². The molecule has 5 nitrogen and oxygen atoms in total. The number of rotatable bonds is 4. The molecular weight excluding hydrogens is 256 g/mol. The van der Waals surface area contributed by atoms with Crippen LogP contribution in [0.15, 0.2) is 34.7 Å². The molecule has 0 aliphatic heterocycles. The van der Waals surface area contributed by atoms with Crippen molar-refractivity contribution >= 4 is 23.0 Å². The lowest BCUT2D eigenvalue weighted by molar-refractivity contribution is -0.384. The first-order chi connectivity index (χ1) is 8.58. The van der Waals surface area contributed by atoms with E-state index in [1.54, 1.807) is 12.1 Å². The third-order valence-electron chi connectivity index (χ3n) is 2.42. The molecule has 1 heterocycles. The molecule has 1 aromatic carbocycles. The Morgan fingerprint density at radius 2 is 2.17 bits per heavy atom. The van der Waals surface area contributed by atoms with Crippen molar-refractivity contribution in [2.45, 2.75) is 13.5 Å². The van der Waals surface area contributed by atoms with Gasteiger partial charge >= 0.3 is 0 Å². The number of nitrogens with zero attached hydrogens (tertiary/aromatic N) is 1. The molecule has 0 bridgehead atoms. The van der Waals surface area contributed by atoms with Crippen LogP contribution < -0.4 is 5.32 Å². The zero-order valence-electron chi connectivity index (χ0n) is 9.64. The molecule has 0 spiro atoms. The summed E-state index contributed by atoms with van der Waals surface area (Å²) in [5.41, 5.74) is 0.254. The van der Waals surface area contributed by atoms with Gasteiger partial charge in [-0.25, -0.2) is 0 Å². The molecular formula is C12H11ClN2O3. The van der Waals surface area contributed by atoms with E-state index >= 15 is 0 Å². The first-order valence-electron chi connectivity index (χ1n) is 5.30. The van der Waals surface area contributed by atoms with E-state index < -0.39 is 4.92 Å². The van der Waals surface area contributed by atoms with Gasteiger partial charge in [0.05, 0.1) is 16.5 Å². The van der Waals surface area contributed by atoms with Gasteiger partial charge in [-0.05, 0) is 25.1 Å². The number of nitro benzene ring substituents is 1. The largest absolute Gasteiger partial charge is 0.465 e. The Hall–Kier alpha value is -2.01. The highest BCUT2D eigenvalue weighted by molar-refractivity contribution is 6.33. The monoisotopic (exact) mass is 266 g/mol. The van der Waals surface area contributed by atoms with Crippen LogP contribution >= 0.6 is 11.6 Å². The van der Waals surface area contributed by atoms with E-state index in [-0.39, 0.29) is 5.69 Å². The molecule has 94 valence electrons. The van der Waals surface area contributed by atoms with E-state index in [2.05, 4.69) is 5.32 Å². The molecule has 1 N–H and O–H groups in total. The minimum atomic E-state index is -0.471.